The molecule has 18 heavy (non-hydrogen) atoms. The van der Waals surface area contributed by atoms with Crippen LogP contribution in [0.25, 0.3) is 0 Å². The van der Waals surface area contributed by atoms with Gasteiger partial charge in [-0.3, -0.25) is 0 Å². The molecule has 4 atom stereocenters. The van der Waals surface area contributed by atoms with Crippen LogP contribution >= 0.6 is 0 Å². The summed E-state index contributed by atoms with van der Waals surface area (Å²) in [6, 6.07) is 0. The van der Waals surface area contributed by atoms with Crippen LogP contribution in [-0.2, 0) is 0 Å². The van der Waals surface area contributed by atoms with Gasteiger partial charge in [-0.25, -0.2) is 0 Å². The van der Waals surface area contributed by atoms with Crippen LogP contribution in [0.1, 0.15) is 88.0 Å². The summed E-state index contributed by atoms with van der Waals surface area (Å²) in [7, 11) is 0. The largest absolute Gasteiger partial charge is 0.0651 e. The van der Waals surface area contributed by atoms with E-state index in [1.165, 1.54) is 25.7 Å². The predicted octanol–water partition coefficient (Wildman–Crippen LogP) is 6.79. The van der Waals surface area contributed by atoms with Gasteiger partial charge in [-0.15, -0.1) is 0 Å². The Hall–Kier alpha value is 0. The monoisotopic (exact) mass is 256 g/mol. The third kappa shape index (κ3) is 9.00. The molecule has 0 aliphatic heterocycles. The molecule has 0 aromatic heterocycles. The lowest BCUT2D eigenvalue weighted by molar-refractivity contribution is 0.159. The molecule has 0 heterocycles. The van der Waals surface area contributed by atoms with Crippen molar-refractivity contribution in [2.75, 3.05) is 0 Å². The van der Waals surface area contributed by atoms with Crippen LogP contribution in [0.4, 0.5) is 0 Å². The van der Waals surface area contributed by atoms with Crippen LogP contribution in [0, 0.1) is 29.6 Å². The van der Waals surface area contributed by atoms with Crippen molar-refractivity contribution < 1.29 is 0 Å². The van der Waals surface area contributed by atoms with E-state index in [-0.39, 0.29) is 0 Å². The predicted molar refractivity (Wildman–Crippen MR) is 87.0 cm³/mol. The Morgan fingerprint density at radius 2 is 0.722 bits per heavy atom. The Morgan fingerprint density at radius 1 is 0.500 bits per heavy atom. The van der Waals surface area contributed by atoms with Crippen molar-refractivity contribution in [2.45, 2.75) is 88.0 Å². The maximum Gasteiger partial charge on any atom is -0.0360 e. The summed E-state index contributed by atoms with van der Waals surface area (Å²) in [5, 5.41) is 0. The smallest absolute Gasteiger partial charge is 0.0360 e. The Bertz CT molecular complexity index is 141. The van der Waals surface area contributed by atoms with Gasteiger partial charge in [-0.2, -0.15) is 0 Å². The van der Waals surface area contributed by atoms with Gasteiger partial charge in [0.25, 0.3) is 0 Å². The lowest BCUT2D eigenvalue weighted by atomic mass is 9.72. The summed E-state index contributed by atoms with van der Waals surface area (Å²) in [6.07, 6.45) is 5.40. The average Bonchev–Trinajstić information content (AvgIpc) is 2.33. The summed E-state index contributed by atoms with van der Waals surface area (Å²) in [5.74, 6) is 4.53. The minimum atomic E-state index is 0.833. The quantitative estimate of drug-likeness (QED) is 0.470. The molecular weight excluding hydrogens is 216 g/mol. The molecule has 0 rings (SSSR count). The van der Waals surface area contributed by atoms with Gasteiger partial charge < -0.3 is 0 Å². The van der Waals surface area contributed by atoms with Gasteiger partial charge in [-0.05, 0) is 29.6 Å². The van der Waals surface area contributed by atoms with Crippen LogP contribution in [0.15, 0.2) is 0 Å². The van der Waals surface area contributed by atoms with Crippen LogP contribution < -0.4 is 0 Å². The molecule has 0 N–H and O–H groups in total. The van der Waals surface area contributed by atoms with Gasteiger partial charge in [0.05, 0.1) is 0 Å². The van der Waals surface area contributed by atoms with E-state index in [0.717, 1.165) is 29.6 Å². The minimum absolute atomic E-state index is 0.833. The summed E-state index contributed by atoms with van der Waals surface area (Å²) >= 11 is 0. The third-order valence-electron chi connectivity index (χ3n) is 4.24. The van der Waals surface area contributed by atoms with Crippen molar-refractivity contribution in [2.24, 2.45) is 29.6 Å². The summed E-state index contributed by atoms with van der Waals surface area (Å²) in [6.45, 7) is 20.7. The molecule has 0 spiro atoms. The van der Waals surface area contributed by atoms with E-state index in [1.807, 2.05) is 0 Å². The van der Waals surface area contributed by atoms with Crippen molar-refractivity contribution in [3.05, 3.63) is 0 Å². The second-order valence-electron chi connectivity index (χ2n) is 6.65. The first-order valence-electron chi connectivity index (χ1n) is 8.35. The molecule has 0 saturated heterocycles. The molecule has 0 amide bonds. The van der Waals surface area contributed by atoms with Gasteiger partial charge >= 0.3 is 0 Å². The van der Waals surface area contributed by atoms with E-state index >= 15 is 0 Å². The van der Waals surface area contributed by atoms with Crippen molar-refractivity contribution in [3.63, 3.8) is 0 Å². The van der Waals surface area contributed by atoms with E-state index < -0.39 is 0 Å². The molecule has 0 saturated carbocycles. The number of rotatable bonds is 7. The zero-order valence-electron chi connectivity index (χ0n) is 14.7. The van der Waals surface area contributed by atoms with Gasteiger partial charge in [0.2, 0.25) is 0 Å². The highest BCUT2D eigenvalue weighted by molar-refractivity contribution is 4.76. The maximum atomic E-state index is 2.43. The number of hydrogen-bond acceptors (Lipinski definition) is 0. The van der Waals surface area contributed by atoms with Crippen molar-refractivity contribution in [1.29, 1.82) is 0 Å². The van der Waals surface area contributed by atoms with Gasteiger partial charge in [0, 0.05) is 0 Å². The first-order valence-corrected chi connectivity index (χ1v) is 8.35. The van der Waals surface area contributed by atoms with Crippen molar-refractivity contribution in [3.8, 4) is 0 Å². The Labute approximate surface area is 118 Å². The topological polar surface area (TPSA) is 0 Å². The molecule has 0 heteroatoms. The fourth-order valence-electron chi connectivity index (χ4n) is 2.86. The lowest BCUT2D eigenvalue weighted by Crippen LogP contribution is -2.25. The standard InChI is InChI=1S/C14H30.C4H10/c1-7-11(5)13(9-3)14(10-4)12(6)8-2;1-4(2)3/h11-14H,7-10H2,1-6H3;4H,1-3H3. The third-order valence-corrected chi connectivity index (χ3v) is 4.24. The van der Waals surface area contributed by atoms with Crippen LogP contribution in [0.3, 0.4) is 0 Å². The normalized spacial score (nSPS) is 17.7. The maximum absolute atomic E-state index is 2.43. The van der Waals surface area contributed by atoms with Crippen LogP contribution in [0.5, 0.6) is 0 Å². The van der Waals surface area contributed by atoms with Gasteiger partial charge in [0.1, 0.15) is 0 Å². The van der Waals surface area contributed by atoms with Crippen molar-refractivity contribution in [1.82, 2.24) is 0 Å². The molecule has 4 unspecified atom stereocenters. The summed E-state index contributed by atoms with van der Waals surface area (Å²) in [4.78, 5) is 0. The molecule has 0 aliphatic rings. The second kappa shape index (κ2) is 12.1. The summed E-state index contributed by atoms with van der Waals surface area (Å²) < 4.78 is 0. The highest BCUT2D eigenvalue weighted by Crippen LogP contribution is 2.35. The Balaban J connectivity index is 0. The molecule has 0 radical (unpaired) electrons. The average molecular weight is 257 g/mol. The van der Waals surface area contributed by atoms with Crippen molar-refractivity contribution >= 4 is 0 Å². The fraction of sp³-hybridized carbons (Fsp3) is 1.00. The molecule has 0 aromatic carbocycles. The molecule has 0 aromatic rings. The molecular formula is C18H40. The SMILES string of the molecule is CC(C)C.CCC(C)C(CC)C(CC)C(C)CC. The zero-order valence-corrected chi connectivity index (χ0v) is 14.7. The van der Waals surface area contributed by atoms with E-state index in [9.17, 15) is 0 Å². The molecule has 0 bridgehead atoms. The van der Waals surface area contributed by atoms with E-state index in [2.05, 4.69) is 62.3 Å². The van der Waals surface area contributed by atoms with E-state index in [4.69, 9.17) is 0 Å². The molecule has 0 nitrogen and oxygen atoms in total. The fourth-order valence-corrected chi connectivity index (χ4v) is 2.86. The minimum Gasteiger partial charge on any atom is -0.0651 e. The zero-order chi connectivity index (χ0) is 14.7. The van der Waals surface area contributed by atoms with E-state index in [0.29, 0.717) is 0 Å². The van der Waals surface area contributed by atoms with Crippen LogP contribution in [-0.4, -0.2) is 0 Å². The second-order valence-corrected chi connectivity index (χ2v) is 6.65. The highest BCUT2D eigenvalue weighted by Gasteiger charge is 2.26. The van der Waals surface area contributed by atoms with Gasteiger partial charge in [-0.1, -0.05) is 88.0 Å². The van der Waals surface area contributed by atoms with Crippen LogP contribution in [0.2, 0.25) is 0 Å². The van der Waals surface area contributed by atoms with Gasteiger partial charge in [0.15, 0.2) is 0 Å². The summed E-state index contributed by atoms with van der Waals surface area (Å²) in [5.41, 5.74) is 0. The first-order chi connectivity index (χ1) is 8.35. The lowest BCUT2D eigenvalue weighted by Gasteiger charge is -2.34. The highest BCUT2D eigenvalue weighted by atomic mass is 14.3. The Kier molecular flexibility index (Phi) is 13.6. The molecule has 0 fully saturated rings. The van der Waals surface area contributed by atoms with E-state index in [1.54, 1.807) is 0 Å². The molecule has 112 valence electrons. The number of hydrogen-bond donors (Lipinski definition) is 0. The first kappa shape index (κ1) is 20.3. The Morgan fingerprint density at radius 3 is 0.833 bits per heavy atom. The molecule has 0 aliphatic carbocycles.